The van der Waals surface area contributed by atoms with E-state index in [1.807, 2.05) is 0 Å². The fourth-order valence-electron chi connectivity index (χ4n) is 2.22. The van der Waals surface area contributed by atoms with Gasteiger partial charge in [0.25, 0.3) is 0 Å². The van der Waals surface area contributed by atoms with E-state index in [1.165, 1.54) is 19.2 Å². The number of hydrogen-bond acceptors (Lipinski definition) is 3. The summed E-state index contributed by atoms with van der Waals surface area (Å²) in [4.78, 5) is 0. The van der Waals surface area contributed by atoms with Gasteiger partial charge in [-0.3, -0.25) is 0 Å². The normalized spacial score (nSPS) is 14.2. The number of methoxy groups -OCH3 is 1. The topological polar surface area (TPSA) is 38.7 Å². The molecule has 0 heterocycles. The molecule has 114 valence electrons. The van der Waals surface area contributed by atoms with Gasteiger partial charge < -0.3 is 14.6 Å². The Hall–Kier alpha value is -1.36. The Balaban J connectivity index is 2.84. The summed E-state index contributed by atoms with van der Waals surface area (Å²) in [6.07, 6.45) is 1.97. The van der Waals surface area contributed by atoms with E-state index in [0.29, 0.717) is 17.9 Å². The largest absolute Gasteiger partial charge is 0.493 e. The van der Waals surface area contributed by atoms with Gasteiger partial charge in [0.1, 0.15) is 0 Å². The first-order valence-corrected chi connectivity index (χ1v) is 6.78. The third-order valence-corrected chi connectivity index (χ3v) is 3.20. The van der Waals surface area contributed by atoms with Crippen LogP contribution in [-0.2, 0) is 0 Å². The van der Waals surface area contributed by atoms with Crippen molar-refractivity contribution in [3.63, 3.8) is 0 Å². The fraction of sp³-hybridized carbons (Fsp3) is 0.600. The molecular weight excluding hydrogens is 266 g/mol. The van der Waals surface area contributed by atoms with Crippen LogP contribution in [0, 0.1) is 5.92 Å². The van der Waals surface area contributed by atoms with Gasteiger partial charge in [-0.05, 0) is 30.0 Å². The SMILES string of the molecule is CCCC(C)CC(O)c1ccc(OC)c(OC(F)F)c1. The summed E-state index contributed by atoms with van der Waals surface area (Å²) in [5, 5.41) is 10.2. The summed E-state index contributed by atoms with van der Waals surface area (Å²) < 4.78 is 34.1. The lowest BCUT2D eigenvalue weighted by Gasteiger charge is -2.18. The summed E-state index contributed by atoms with van der Waals surface area (Å²) in [6.45, 7) is 1.23. The van der Waals surface area contributed by atoms with E-state index in [-0.39, 0.29) is 11.5 Å². The fourth-order valence-corrected chi connectivity index (χ4v) is 2.22. The van der Waals surface area contributed by atoms with Crippen molar-refractivity contribution in [3.05, 3.63) is 23.8 Å². The molecule has 0 fully saturated rings. The minimum Gasteiger partial charge on any atom is -0.493 e. The van der Waals surface area contributed by atoms with Crippen molar-refractivity contribution in [1.82, 2.24) is 0 Å². The quantitative estimate of drug-likeness (QED) is 0.780. The van der Waals surface area contributed by atoms with Crippen molar-refractivity contribution in [2.75, 3.05) is 7.11 Å². The number of rotatable bonds is 8. The standard InChI is InChI=1S/C15H22F2O3/c1-4-5-10(2)8-12(18)11-6-7-13(19-3)14(9-11)20-15(16)17/h6-7,9-10,12,15,18H,4-5,8H2,1-3H3. The first kappa shape index (κ1) is 16.7. The Morgan fingerprint density at radius 1 is 1.25 bits per heavy atom. The molecule has 20 heavy (non-hydrogen) atoms. The van der Waals surface area contributed by atoms with Crippen molar-refractivity contribution in [2.45, 2.75) is 45.8 Å². The van der Waals surface area contributed by atoms with Crippen LogP contribution in [0.25, 0.3) is 0 Å². The van der Waals surface area contributed by atoms with Crippen LogP contribution in [0.15, 0.2) is 18.2 Å². The Kier molecular flexibility index (Phi) is 6.71. The summed E-state index contributed by atoms with van der Waals surface area (Å²) in [5.41, 5.74) is 0.560. The molecule has 0 aliphatic carbocycles. The second-order valence-corrected chi connectivity index (χ2v) is 4.93. The maximum atomic E-state index is 12.3. The molecule has 0 saturated carbocycles. The predicted octanol–water partition coefficient (Wildman–Crippen LogP) is 4.16. The minimum atomic E-state index is -2.92. The molecule has 1 aromatic carbocycles. The first-order chi connectivity index (χ1) is 9.47. The highest BCUT2D eigenvalue weighted by molar-refractivity contribution is 5.43. The van der Waals surface area contributed by atoms with Gasteiger partial charge >= 0.3 is 6.61 Å². The molecule has 0 aliphatic rings. The Bertz CT molecular complexity index is 410. The van der Waals surface area contributed by atoms with Crippen molar-refractivity contribution >= 4 is 0 Å². The molecule has 0 amide bonds. The molecule has 0 radical (unpaired) electrons. The van der Waals surface area contributed by atoms with Crippen LogP contribution in [0.1, 0.15) is 44.8 Å². The molecule has 1 rings (SSSR count). The van der Waals surface area contributed by atoms with Crippen LogP contribution >= 0.6 is 0 Å². The van der Waals surface area contributed by atoms with E-state index in [0.717, 1.165) is 12.8 Å². The predicted molar refractivity (Wildman–Crippen MR) is 73.3 cm³/mol. The van der Waals surface area contributed by atoms with Crippen molar-refractivity contribution in [2.24, 2.45) is 5.92 Å². The third kappa shape index (κ3) is 4.96. The van der Waals surface area contributed by atoms with Gasteiger partial charge in [0.2, 0.25) is 0 Å². The van der Waals surface area contributed by atoms with Crippen molar-refractivity contribution < 1.29 is 23.4 Å². The first-order valence-electron chi connectivity index (χ1n) is 6.78. The molecule has 0 saturated heterocycles. The molecular formula is C15H22F2O3. The van der Waals surface area contributed by atoms with Gasteiger partial charge in [0.15, 0.2) is 11.5 Å². The summed E-state index contributed by atoms with van der Waals surface area (Å²) in [5.74, 6) is 0.543. The van der Waals surface area contributed by atoms with Gasteiger partial charge in [-0.15, -0.1) is 0 Å². The average molecular weight is 288 g/mol. The number of ether oxygens (including phenoxy) is 2. The van der Waals surface area contributed by atoms with Crippen LogP contribution in [0.3, 0.4) is 0 Å². The molecule has 2 atom stereocenters. The zero-order valence-electron chi connectivity index (χ0n) is 12.1. The summed E-state index contributed by atoms with van der Waals surface area (Å²) in [6, 6.07) is 4.61. The molecule has 1 aromatic rings. The smallest absolute Gasteiger partial charge is 0.387 e. The second kappa shape index (κ2) is 8.04. The van der Waals surface area contributed by atoms with Crippen LogP contribution in [0.2, 0.25) is 0 Å². The van der Waals surface area contributed by atoms with E-state index >= 15 is 0 Å². The van der Waals surface area contributed by atoms with Crippen LogP contribution in [0.5, 0.6) is 11.5 Å². The number of aliphatic hydroxyl groups excluding tert-OH is 1. The van der Waals surface area contributed by atoms with Gasteiger partial charge in [-0.25, -0.2) is 0 Å². The van der Waals surface area contributed by atoms with Crippen molar-refractivity contribution in [3.8, 4) is 11.5 Å². The number of benzene rings is 1. The maximum Gasteiger partial charge on any atom is 0.387 e. The van der Waals surface area contributed by atoms with Crippen LogP contribution in [-0.4, -0.2) is 18.8 Å². The molecule has 0 aliphatic heterocycles. The highest BCUT2D eigenvalue weighted by atomic mass is 19.3. The molecule has 2 unspecified atom stereocenters. The summed E-state index contributed by atoms with van der Waals surface area (Å²) >= 11 is 0. The molecule has 1 N–H and O–H groups in total. The van der Waals surface area contributed by atoms with E-state index in [4.69, 9.17) is 4.74 Å². The average Bonchev–Trinajstić information content (AvgIpc) is 2.38. The lowest BCUT2D eigenvalue weighted by atomic mass is 9.95. The van der Waals surface area contributed by atoms with Gasteiger partial charge in [-0.1, -0.05) is 32.8 Å². The third-order valence-electron chi connectivity index (χ3n) is 3.20. The zero-order valence-corrected chi connectivity index (χ0v) is 12.1. The van der Waals surface area contributed by atoms with E-state index in [9.17, 15) is 13.9 Å². The van der Waals surface area contributed by atoms with Crippen LogP contribution < -0.4 is 9.47 Å². The van der Waals surface area contributed by atoms with Gasteiger partial charge in [0.05, 0.1) is 13.2 Å². The number of halogens is 2. The lowest BCUT2D eigenvalue weighted by molar-refractivity contribution is -0.0513. The Morgan fingerprint density at radius 3 is 2.50 bits per heavy atom. The molecule has 3 nitrogen and oxygen atoms in total. The highest BCUT2D eigenvalue weighted by Crippen LogP contribution is 2.33. The van der Waals surface area contributed by atoms with E-state index in [2.05, 4.69) is 18.6 Å². The Morgan fingerprint density at radius 2 is 1.95 bits per heavy atom. The number of hydrogen-bond donors (Lipinski definition) is 1. The van der Waals surface area contributed by atoms with E-state index < -0.39 is 12.7 Å². The van der Waals surface area contributed by atoms with Crippen LogP contribution in [0.4, 0.5) is 8.78 Å². The number of alkyl halides is 2. The molecule has 0 bridgehead atoms. The zero-order chi connectivity index (χ0) is 15.1. The van der Waals surface area contributed by atoms with Gasteiger partial charge in [-0.2, -0.15) is 8.78 Å². The van der Waals surface area contributed by atoms with E-state index in [1.54, 1.807) is 6.07 Å². The Labute approximate surface area is 118 Å². The van der Waals surface area contributed by atoms with Crippen molar-refractivity contribution in [1.29, 1.82) is 0 Å². The monoisotopic (exact) mass is 288 g/mol. The second-order valence-electron chi connectivity index (χ2n) is 4.93. The minimum absolute atomic E-state index is 0.0535. The number of aliphatic hydroxyl groups is 1. The molecule has 0 spiro atoms. The van der Waals surface area contributed by atoms with Gasteiger partial charge in [0, 0.05) is 0 Å². The summed E-state index contributed by atoms with van der Waals surface area (Å²) in [7, 11) is 1.38. The lowest BCUT2D eigenvalue weighted by Crippen LogP contribution is -2.07. The molecule has 0 aromatic heterocycles. The maximum absolute atomic E-state index is 12.3. The highest BCUT2D eigenvalue weighted by Gasteiger charge is 2.16. The molecule has 5 heteroatoms.